The SMILES string of the molecule is Cc1ccc(S(=O)(=O)NC(=O)c2cccc(F)c2)cc1C. The summed E-state index contributed by atoms with van der Waals surface area (Å²) in [5.74, 6) is -1.47. The number of carbonyl (C=O) groups is 1. The second-order valence-electron chi connectivity index (χ2n) is 4.69. The van der Waals surface area contributed by atoms with Gasteiger partial charge in [-0.15, -0.1) is 0 Å². The summed E-state index contributed by atoms with van der Waals surface area (Å²) in [6.07, 6.45) is 0. The van der Waals surface area contributed by atoms with Crippen LogP contribution in [0.25, 0.3) is 0 Å². The van der Waals surface area contributed by atoms with Gasteiger partial charge in [0.15, 0.2) is 0 Å². The Bertz CT molecular complexity index is 800. The fourth-order valence-corrected chi connectivity index (χ4v) is 2.81. The van der Waals surface area contributed by atoms with Crippen LogP contribution >= 0.6 is 0 Å². The van der Waals surface area contributed by atoms with Crippen LogP contribution in [0.15, 0.2) is 47.4 Å². The minimum Gasteiger partial charge on any atom is -0.268 e. The molecule has 2 aromatic rings. The maximum absolute atomic E-state index is 13.1. The van der Waals surface area contributed by atoms with E-state index in [1.807, 2.05) is 11.6 Å². The summed E-state index contributed by atoms with van der Waals surface area (Å²) in [5, 5.41) is 0. The van der Waals surface area contributed by atoms with E-state index in [-0.39, 0.29) is 10.5 Å². The van der Waals surface area contributed by atoms with Crippen LogP contribution in [0.5, 0.6) is 0 Å². The van der Waals surface area contributed by atoms with E-state index in [0.29, 0.717) is 0 Å². The quantitative estimate of drug-likeness (QED) is 0.948. The Labute approximate surface area is 122 Å². The fourth-order valence-electron chi connectivity index (χ4n) is 1.75. The van der Waals surface area contributed by atoms with Gasteiger partial charge in [0, 0.05) is 5.56 Å². The summed E-state index contributed by atoms with van der Waals surface area (Å²) in [5.41, 5.74) is 1.70. The van der Waals surface area contributed by atoms with Crippen molar-refractivity contribution in [2.45, 2.75) is 18.7 Å². The zero-order chi connectivity index (χ0) is 15.6. The third-order valence-corrected chi connectivity index (χ3v) is 4.43. The Hall–Kier alpha value is -2.21. The summed E-state index contributed by atoms with van der Waals surface area (Å²) in [7, 11) is -3.98. The first kappa shape index (κ1) is 15.2. The fraction of sp³-hybridized carbons (Fsp3) is 0.133. The summed E-state index contributed by atoms with van der Waals surface area (Å²) in [6.45, 7) is 3.64. The van der Waals surface area contributed by atoms with Crippen molar-refractivity contribution in [1.82, 2.24) is 4.72 Å². The normalized spacial score (nSPS) is 11.2. The summed E-state index contributed by atoms with van der Waals surface area (Å²) < 4.78 is 39.3. The third-order valence-electron chi connectivity index (χ3n) is 3.10. The van der Waals surface area contributed by atoms with E-state index in [1.165, 1.54) is 30.3 Å². The molecule has 0 heterocycles. The van der Waals surface area contributed by atoms with E-state index in [0.717, 1.165) is 17.2 Å². The Morgan fingerprint density at radius 1 is 1.05 bits per heavy atom. The number of nitrogens with one attached hydrogen (secondary N) is 1. The van der Waals surface area contributed by atoms with Crippen LogP contribution < -0.4 is 4.72 Å². The summed E-state index contributed by atoms with van der Waals surface area (Å²) >= 11 is 0. The molecule has 0 aliphatic carbocycles. The highest BCUT2D eigenvalue weighted by Gasteiger charge is 2.19. The summed E-state index contributed by atoms with van der Waals surface area (Å²) in [4.78, 5) is 11.9. The predicted octanol–water partition coefficient (Wildman–Crippen LogP) is 2.56. The maximum atomic E-state index is 13.1. The summed E-state index contributed by atoms with van der Waals surface area (Å²) in [6, 6.07) is 9.40. The van der Waals surface area contributed by atoms with E-state index in [1.54, 1.807) is 13.0 Å². The number of halogens is 1. The molecule has 6 heteroatoms. The van der Waals surface area contributed by atoms with Gasteiger partial charge in [0.25, 0.3) is 15.9 Å². The molecule has 0 unspecified atom stereocenters. The van der Waals surface area contributed by atoms with Gasteiger partial charge in [-0.25, -0.2) is 17.5 Å². The number of aryl methyl sites for hydroxylation is 2. The van der Waals surface area contributed by atoms with Crippen LogP contribution in [-0.2, 0) is 10.0 Å². The van der Waals surface area contributed by atoms with E-state index < -0.39 is 21.7 Å². The number of carbonyl (C=O) groups excluding carboxylic acids is 1. The molecule has 2 aromatic carbocycles. The number of amides is 1. The molecule has 110 valence electrons. The van der Waals surface area contributed by atoms with Gasteiger partial charge in [0.1, 0.15) is 5.82 Å². The van der Waals surface area contributed by atoms with Crippen molar-refractivity contribution in [3.63, 3.8) is 0 Å². The van der Waals surface area contributed by atoms with Crippen LogP contribution in [-0.4, -0.2) is 14.3 Å². The minimum atomic E-state index is -3.98. The Morgan fingerprint density at radius 3 is 2.38 bits per heavy atom. The lowest BCUT2D eigenvalue weighted by Gasteiger charge is -2.09. The average molecular weight is 307 g/mol. The van der Waals surface area contributed by atoms with Gasteiger partial charge in [-0.3, -0.25) is 4.79 Å². The molecule has 0 aliphatic heterocycles. The molecule has 1 N–H and O–H groups in total. The van der Waals surface area contributed by atoms with Gasteiger partial charge in [-0.2, -0.15) is 0 Å². The van der Waals surface area contributed by atoms with Gasteiger partial charge < -0.3 is 0 Å². The maximum Gasteiger partial charge on any atom is 0.265 e. The van der Waals surface area contributed by atoms with Crippen molar-refractivity contribution in [2.75, 3.05) is 0 Å². The highest BCUT2D eigenvalue weighted by molar-refractivity contribution is 7.90. The van der Waals surface area contributed by atoms with Crippen LogP contribution in [0.3, 0.4) is 0 Å². The molecule has 0 radical (unpaired) electrons. The molecule has 0 spiro atoms. The highest BCUT2D eigenvalue weighted by atomic mass is 32.2. The predicted molar refractivity (Wildman–Crippen MR) is 77.0 cm³/mol. The lowest BCUT2D eigenvalue weighted by molar-refractivity contribution is 0.0981. The number of rotatable bonds is 3. The molecule has 2 rings (SSSR count). The molecule has 4 nitrogen and oxygen atoms in total. The number of sulfonamides is 1. The second kappa shape index (κ2) is 5.65. The van der Waals surface area contributed by atoms with Crippen LogP contribution in [0, 0.1) is 19.7 Å². The molecule has 0 saturated carbocycles. The van der Waals surface area contributed by atoms with E-state index >= 15 is 0 Å². The first-order chi connectivity index (χ1) is 9.79. The Kier molecular flexibility index (Phi) is 4.09. The van der Waals surface area contributed by atoms with Gasteiger partial charge >= 0.3 is 0 Å². The molecule has 21 heavy (non-hydrogen) atoms. The third kappa shape index (κ3) is 3.46. The molecule has 0 bridgehead atoms. The van der Waals surface area contributed by atoms with E-state index in [4.69, 9.17) is 0 Å². The lowest BCUT2D eigenvalue weighted by atomic mass is 10.1. The number of benzene rings is 2. The molecule has 0 atom stereocenters. The van der Waals surface area contributed by atoms with Crippen molar-refractivity contribution < 1.29 is 17.6 Å². The molecule has 0 fully saturated rings. The van der Waals surface area contributed by atoms with E-state index in [9.17, 15) is 17.6 Å². The van der Waals surface area contributed by atoms with Crippen molar-refractivity contribution in [2.24, 2.45) is 0 Å². The zero-order valence-electron chi connectivity index (χ0n) is 11.6. The molecule has 1 amide bonds. The zero-order valence-corrected chi connectivity index (χ0v) is 12.4. The van der Waals surface area contributed by atoms with E-state index in [2.05, 4.69) is 0 Å². The Morgan fingerprint density at radius 2 is 1.76 bits per heavy atom. The lowest BCUT2D eigenvalue weighted by Crippen LogP contribution is -2.30. The second-order valence-corrected chi connectivity index (χ2v) is 6.37. The first-order valence-corrected chi connectivity index (χ1v) is 7.68. The van der Waals surface area contributed by atoms with Crippen molar-refractivity contribution in [3.05, 3.63) is 65.0 Å². The van der Waals surface area contributed by atoms with Gasteiger partial charge in [0.2, 0.25) is 0 Å². The topological polar surface area (TPSA) is 63.2 Å². The molecule has 0 saturated heterocycles. The number of hydrogen-bond acceptors (Lipinski definition) is 3. The molecular formula is C15H14FNO3S. The van der Waals surface area contributed by atoms with Gasteiger partial charge in [-0.1, -0.05) is 12.1 Å². The Balaban J connectivity index is 2.29. The average Bonchev–Trinajstić information content (AvgIpc) is 2.41. The first-order valence-electron chi connectivity index (χ1n) is 6.19. The van der Waals surface area contributed by atoms with Crippen molar-refractivity contribution >= 4 is 15.9 Å². The van der Waals surface area contributed by atoms with Crippen molar-refractivity contribution in [3.8, 4) is 0 Å². The van der Waals surface area contributed by atoms with Crippen LogP contribution in [0.4, 0.5) is 4.39 Å². The van der Waals surface area contributed by atoms with Crippen LogP contribution in [0.1, 0.15) is 21.5 Å². The molecule has 0 aromatic heterocycles. The van der Waals surface area contributed by atoms with Crippen LogP contribution in [0.2, 0.25) is 0 Å². The molecule has 0 aliphatic rings. The standard InChI is InChI=1S/C15H14FNO3S/c1-10-6-7-14(8-11(10)2)21(19,20)17-15(18)12-4-3-5-13(16)9-12/h3-9H,1-2H3,(H,17,18). The van der Waals surface area contributed by atoms with Gasteiger partial charge in [0.05, 0.1) is 4.90 Å². The molecular weight excluding hydrogens is 293 g/mol. The largest absolute Gasteiger partial charge is 0.268 e. The van der Waals surface area contributed by atoms with Crippen molar-refractivity contribution in [1.29, 1.82) is 0 Å². The smallest absolute Gasteiger partial charge is 0.265 e. The van der Waals surface area contributed by atoms with Gasteiger partial charge in [-0.05, 0) is 55.3 Å². The highest BCUT2D eigenvalue weighted by Crippen LogP contribution is 2.15. The minimum absolute atomic E-state index is 0.00430. The monoisotopic (exact) mass is 307 g/mol. The number of hydrogen-bond donors (Lipinski definition) is 1.